The first kappa shape index (κ1) is 54.3. The number of hydrogen-bond donors (Lipinski definition) is 2. The fraction of sp³-hybridized carbons (Fsp3) is 0.125. The van der Waals surface area contributed by atoms with Crippen LogP contribution >= 0.6 is 24.1 Å². The van der Waals surface area contributed by atoms with E-state index < -0.39 is 43.5 Å². The molecule has 0 saturated carbocycles. The van der Waals surface area contributed by atoms with Gasteiger partial charge in [0.2, 0.25) is 10.4 Å². The van der Waals surface area contributed by atoms with Crippen LogP contribution in [0.15, 0.2) is 79.8 Å². The van der Waals surface area contributed by atoms with Crippen LogP contribution in [0, 0.1) is 0 Å². The molecule has 4 aromatic rings. The van der Waals surface area contributed by atoms with E-state index in [1.54, 1.807) is 0 Å². The fourth-order valence-electron chi connectivity index (χ4n) is 3.70. The van der Waals surface area contributed by atoms with Gasteiger partial charge in [-0.3, -0.25) is 14.3 Å². The number of benzene rings is 2. The van der Waals surface area contributed by atoms with Crippen molar-refractivity contribution in [2.75, 3.05) is 30.5 Å². The number of aromatic carboxylic acids is 1. The van der Waals surface area contributed by atoms with Gasteiger partial charge in [0.25, 0.3) is 0 Å². The Labute approximate surface area is 408 Å². The number of carbonyl (C=O) groups is 1. The number of sulfone groups is 1. The first-order chi connectivity index (χ1) is 24.2. The van der Waals surface area contributed by atoms with Crippen LogP contribution in [-0.2, 0) is 43.2 Å². The van der Waals surface area contributed by atoms with Crippen LogP contribution in [0.1, 0.15) is 10.4 Å². The second kappa shape index (κ2) is 25.8. The number of carbonyl (C=O) groups excluding carboxylic acids is 1. The largest absolute Gasteiger partial charge is 1.00 e. The molecule has 55 heavy (non-hydrogen) atoms. The van der Waals surface area contributed by atoms with Gasteiger partial charge in [0.1, 0.15) is 11.4 Å². The number of aromatic nitrogens is 4. The topological polar surface area (TPSA) is 338 Å². The standard InChI is InChI=1S/C24H22N8O15S4.4Na/c1-42-24-28-22(27-23(29-24)32-6-2-3-13(12-32)21(33)34)26-16-10-15(25)20(49-47-45-36)11-17(16)30-31-18-9-14(4-5-19(18)48-46-44-35)50(37,38)8-7-43-51(39,40)41;;;;/h2-6,9-12H,7-8H2,1H3,(H6-,25,26,27,28,29,31,33,34,35,36,39,40,41);;;;/q;4*+1/p-3. The molecule has 0 unspecified atom stereocenters. The molecule has 2 aromatic heterocycles. The van der Waals surface area contributed by atoms with Crippen LogP contribution < -0.4 is 154 Å². The first-order valence-corrected chi connectivity index (χ1v) is 17.6. The molecule has 23 nitrogen and oxygen atoms in total. The average molecular weight is 880 g/mol. The molecule has 0 amide bonds. The number of nitrogens with two attached hydrogens (primary N) is 1. The molecule has 0 aliphatic carbocycles. The van der Waals surface area contributed by atoms with Crippen LogP contribution in [0.4, 0.5) is 28.7 Å². The third kappa shape index (κ3) is 16.9. The minimum atomic E-state index is -5.16. The summed E-state index contributed by atoms with van der Waals surface area (Å²) in [7, 11) is -8.18. The Morgan fingerprint density at radius 2 is 1.58 bits per heavy atom. The number of hydrogen-bond acceptors (Lipinski definition) is 24. The van der Waals surface area contributed by atoms with Gasteiger partial charge in [-0.2, -0.15) is 8.67 Å². The molecule has 0 bridgehead atoms. The van der Waals surface area contributed by atoms with Crippen molar-refractivity contribution < 1.29 is 192 Å². The summed E-state index contributed by atoms with van der Waals surface area (Å²) in [6.45, 7) is -0.977. The van der Waals surface area contributed by atoms with Crippen LogP contribution in [0.3, 0.4) is 0 Å². The van der Waals surface area contributed by atoms with Gasteiger partial charge in [0, 0.05) is 11.3 Å². The zero-order valence-electron chi connectivity index (χ0n) is 29.1. The van der Waals surface area contributed by atoms with Crippen LogP contribution in [0.5, 0.6) is 6.01 Å². The number of azo groups is 1. The van der Waals surface area contributed by atoms with E-state index in [1.165, 1.54) is 48.3 Å². The van der Waals surface area contributed by atoms with Crippen molar-refractivity contribution in [1.29, 1.82) is 0 Å². The number of nitrogens with zero attached hydrogens (tertiary/aromatic N) is 6. The summed E-state index contributed by atoms with van der Waals surface area (Å²) in [5, 5.41) is 50.1. The number of nitrogen functional groups attached to an aromatic ring is 1. The predicted molar refractivity (Wildman–Crippen MR) is 161 cm³/mol. The second-order valence-corrected chi connectivity index (χ2v) is 13.7. The van der Waals surface area contributed by atoms with Gasteiger partial charge < -0.3 is 40.8 Å². The fourth-order valence-corrected chi connectivity index (χ4v) is 6.03. The van der Waals surface area contributed by atoms with E-state index >= 15 is 0 Å². The zero-order chi connectivity index (χ0) is 37.2. The van der Waals surface area contributed by atoms with Crippen LogP contribution in [0.25, 0.3) is 5.95 Å². The molecule has 2 heterocycles. The summed E-state index contributed by atoms with van der Waals surface area (Å²) in [4.78, 5) is 23.5. The number of rotatable bonds is 18. The molecule has 0 aliphatic heterocycles. The van der Waals surface area contributed by atoms with E-state index in [2.05, 4.69) is 53.4 Å². The summed E-state index contributed by atoms with van der Waals surface area (Å²) in [6.07, 6.45) is 2.62. The molecule has 0 radical (unpaired) electrons. The van der Waals surface area contributed by atoms with Gasteiger partial charge >= 0.3 is 136 Å². The van der Waals surface area contributed by atoms with Crippen molar-refractivity contribution in [2.45, 2.75) is 14.7 Å². The number of pyridine rings is 1. The van der Waals surface area contributed by atoms with Crippen molar-refractivity contribution in [2.24, 2.45) is 10.2 Å². The molecule has 3 N–H and O–H groups in total. The van der Waals surface area contributed by atoms with Crippen molar-refractivity contribution in [3.8, 4) is 12.0 Å². The number of methoxy groups -OCH3 is 1. The quantitative estimate of drug-likeness (QED) is 0.0108. The van der Waals surface area contributed by atoms with Gasteiger partial charge in [-0.1, -0.05) is 0 Å². The van der Waals surface area contributed by atoms with E-state index in [4.69, 9.17) is 10.5 Å². The van der Waals surface area contributed by atoms with E-state index in [1.807, 2.05) is 0 Å². The molecule has 2 aromatic carbocycles. The predicted octanol–water partition coefficient (Wildman–Crippen LogP) is -13.0. The summed E-state index contributed by atoms with van der Waals surface area (Å²) in [5.41, 5.74) is 5.63. The zero-order valence-corrected chi connectivity index (χ0v) is 40.4. The summed E-state index contributed by atoms with van der Waals surface area (Å²) >= 11 is 0.727. The number of ether oxygens (including phenoxy) is 1. The van der Waals surface area contributed by atoms with E-state index in [-0.39, 0.29) is 174 Å². The maximum atomic E-state index is 12.8. The van der Waals surface area contributed by atoms with E-state index in [0.29, 0.717) is 24.1 Å². The van der Waals surface area contributed by atoms with E-state index in [0.717, 1.165) is 18.2 Å². The first-order valence-electron chi connectivity index (χ1n) is 13.1. The van der Waals surface area contributed by atoms with Crippen molar-refractivity contribution in [3.05, 3.63) is 60.4 Å². The summed E-state index contributed by atoms with van der Waals surface area (Å²) in [5.74, 6) is -2.67. The Bertz CT molecular complexity index is 2160. The van der Waals surface area contributed by atoms with Gasteiger partial charge in [0.15, 0.2) is 9.84 Å². The monoisotopic (exact) mass is 879 g/mol. The molecule has 31 heteroatoms. The van der Waals surface area contributed by atoms with Crippen molar-refractivity contribution >= 4 is 79.0 Å². The normalized spacial score (nSPS) is 11.1. The Balaban J connectivity index is 0.00000729. The Kier molecular flexibility index (Phi) is 25.4. The average Bonchev–Trinajstić information content (AvgIpc) is 3.09. The molecular formula is C24H19N8Na4O15S4+. The van der Waals surface area contributed by atoms with Gasteiger partial charge in [-0.05, 0) is 52.4 Å². The number of anilines is 3. The number of carboxylic acid groups (broad SMARTS) is 1. The number of nitrogens with one attached hydrogen (secondary N) is 1. The summed E-state index contributed by atoms with van der Waals surface area (Å²) < 4.78 is 77.0. The molecule has 0 fully saturated rings. The van der Waals surface area contributed by atoms with Gasteiger partial charge in [-0.25, -0.2) is 21.4 Å². The molecule has 4 rings (SSSR count). The summed E-state index contributed by atoms with van der Waals surface area (Å²) in [6, 6.07) is 8.23. The molecule has 272 valence electrons. The molecular weight excluding hydrogens is 861 g/mol. The minimum Gasteiger partial charge on any atom is -0.726 e. The smallest absolute Gasteiger partial charge is 0.726 e. The Morgan fingerprint density at radius 3 is 2.20 bits per heavy atom. The Morgan fingerprint density at radius 1 is 0.927 bits per heavy atom. The minimum absolute atomic E-state index is 0. The Hall–Kier alpha value is -0.650. The third-order valence-corrected chi connectivity index (χ3v) is 9.30. The molecule has 0 atom stereocenters. The third-order valence-electron chi connectivity index (χ3n) is 5.87. The van der Waals surface area contributed by atoms with Crippen molar-refractivity contribution in [3.63, 3.8) is 0 Å². The van der Waals surface area contributed by atoms with Crippen LogP contribution in [0.2, 0.25) is 0 Å². The molecule has 0 saturated heterocycles. The van der Waals surface area contributed by atoms with Gasteiger partial charge in [0.05, 0.1) is 82.3 Å². The van der Waals surface area contributed by atoms with E-state index in [9.17, 15) is 41.8 Å². The maximum Gasteiger partial charge on any atom is 1.00 e. The maximum absolute atomic E-state index is 12.8. The molecule has 0 aliphatic rings. The van der Waals surface area contributed by atoms with Gasteiger partial charge in [-0.15, -0.1) is 15.2 Å². The SMILES string of the molecule is COc1nc(Nc2cc(N)c(SOO[O-])cc2N=Nc2cc(S(=O)(=O)CCOS(=O)(=O)[O-])ccc2SOO[O-])nc(-[n+]2cccc(C(=O)[O-])c2)n1.[Na+].[Na+].[Na+].[Na+]. The molecule has 0 spiro atoms. The van der Waals surface area contributed by atoms with Crippen molar-refractivity contribution in [1.82, 2.24) is 15.0 Å². The second-order valence-electron chi connectivity index (χ2n) is 9.08. The van der Waals surface area contributed by atoms with Crippen LogP contribution in [-0.4, -0.2) is 61.8 Å². The number of carboxylic acids is 1.